The summed E-state index contributed by atoms with van der Waals surface area (Å²) < 4.78 is 29.3. The Labute approximate surface area is 247 Å². The van der Waals surface area contributed by atoms with Crippen molar-refractivity contribution in [1.82, 2.24) is 9.80 Å². The molecular formula is C32H42N2O8. The van der Waals surface area contributed by atoms with E-state index in [9.17, 15) is 14.4 Å². The summed E-state index contributed by atoms with van der Waals surface area (Å²) in [5.41, 5.74) is 0.844. The maximum absolute atomic E-state index is 14.2. The van der Waals surface area contributed by atoms with Crippen molar-refractivity contribution in [2.24, 2.45) is 0 Å². The zero-order valence-corrected chi connectivity index (χ0v) is 25.3. The third kappa shape index (κ3) is 7.94. The van der Waals surface area contributed by atoms with Gasteiger partial charge in [0.15, 0.2) is 11.5 Å². The van der Waals surface area contributed by atoms with Crippen molar-refractivity contribution in [2.75, 3.05) is 27.8 Å². The number of amides is 2. The molecule has 0 aromatic heterocycles. The zero-order chi connectivity index (χ0) is 30.4. The Hall–Kier alpha value is -3.79. The number of methoxy groups -OCH3 is 1. The predicted octanol–water partition coefficient (Wildman–Crippen LogP) is 4.37. The van der Waals surface area contributed by atoms with Gasteiger partial charge in [-0.2, -0.15) is 0 Å². The van der Waals surface area contributed by atoms with Gasteiger partial charge in [0.1, 0.15) is 30.4 Å². The minimum atomic E-state index is -0.974. The second kappa shape index (κ2) is 13.5. The Morgan fingerprint density at radius 3 is 2.43 bits per heavy atom. The van der Waals surface area contributed by atoms with Crippen LogP contribution in [0.25, 0.3) is 0 Å². The fourth-order valence-electron chi connectivity index (χ4n) is 5.13. The van der Waals surface area contributed by atoms with Crippen LogP contribution < -0.4 is 9.47 Å². The topological polar surface area (TPSA) is 104 Å². The number of carbonyl (C=O) groups is 3. The second-order valence-corrected chi connectivity index (χ2v) is 11.9. The van der Waals surface area contributed by atoms with Crippen molar-refractivity contribution in [3.63, 3.8) is 0 Å². The Kier molecular flexibility index (Phi) is 9.98. The first kappa shape index (κ1) is 31.2. The van der Waals surface area contributed by atoms with E-state index in [1.54, 1.807) is 48.0 Å². The number of esters is 1. The molecule has 4 unspecified atom stereocenters. The molecule has 4 atom stereocenters. The molecule has 2 aromatic carbocycles. The molecule has 1 saturated heterocycles. The number of ether oxygens (including phenoxy) is 5. The van der Waals surface area contributed by atoms with Crippen LogP contribution in [0.3, 0.4) is 0 Å². The molecule has 0 aliphatic carbocycles. The van der Waals surface area contributed by atoms with Crippen LogP contribution in [0, 0.1) is 0 Å². The SMILES string of the molecule is COc1ccc2cc1OC1CCC(CC(N(C)C(=O)OC(C)(C)C)C(=O)N(C)C(C(=O)OCc3ccccc3)C2)OC1. The van der Waals surface area contributed by atoms with E-state index in [2.05, 4.69) is 0 Å². The number of hydrogen-bond acceptors (Lipinski definition) is 8. The van der Waals surface area contributed by atoms with E-state index < -0.39 is 35.7 Å². The van der Waals surface area contributed by atoms with Crippen molar-refractivity contribution in [3.8, 4) is 11.5 Å². The normalized spacial score (nSPS) is 22.9. The molecule has 0 N–H and O–H groups in total. The minimum Gasteiger partial charge on any atom is -0.493 e. The van der Waals surface area contributed by atoms with Gasteiger partial charge in [0, 0.05) is 26.9 Å². The lowest BCUT2D eigenvalue weighted by molar-refractivity contribution is -0.157. The third-order valence-electron chi connectivity index (χ3n) is 7.51. The summed E-state index contributed by atoms with van der Waals surface area (Å²) in [6, 6.07) is 12.9. The van der Waals surface area contributed by atoms with E-state index in [0.717, 1.165) is 11.1 Å². The molecule has 42 heavy (non-hydrogen) atoms. The van der Waals surface area contributed by atoms with E-state index in [4.69, 9.17) is 23.7 Å². The molecule has 10 nitrogen and oxygen atoms in total. The standard InChI is InChI=1S/C32H42N2O8/c1-32(2,3)42-31(37)34(5)25-18-23-13-14-24(20-39-23)41-28-17-22(12-15-27(28)38-6)16-26(33(4)29(25)35)30(36)40-19-21-10-8-7-9-11-21/h7-12,15,17,23-26H,13-14,16,18-20H2,1-6H3. The Morgan fingerprint density at radius 1 is 1.07 bits per heavy atom. The molecule has 3 aliphatic heterocycles. The molecule has 2 amide bonds. The predicted molar refractivity (Wildman–Crippen MR) is 155 cm³/mol. The Balaban J connectivity index is 1.69. The first-order chi connectivity index (χ1) is 19.9. The molecule has 5 rings (SSSR count). The van der Waals surface area contributed by atoms with Crippen molar-refractivity contribution in [2.45, 2.75) is 83.0 Å². The highest BCUT2D eigenvalue weighted by atomic mass is 16.6. The average Bonchev–Trinajstić information content (AvgIpc) is 2.96. The number of hydrogen-bond donors (Lipinski definition) is 0. The molecule has 2 aromatic rings. The first-order valence-corrected chi connectivity index (χ1v) is 14.3. The molecule has 0 radical (unpaired) electrons. The van der Waals surface area contributed by atoms with Gasteiger partial charge >= 0.3 is 12.1 Å². The molecule has 0 spiro atoms. The number of likely N-dealkylation sites (N-methyl/N-ethyl adjacent to an activating group) is 2. The monoisotopic (exact) mass is 582 g/mol. The summed E-state index contributed by atoms with van der Waals surface area (Å²) in [5.74, 6) is 0.154. The van der Waals surface area contributed by atoms with Gasteiger partial charge in [0.2, 0.25) is 5.91 Å². The summed E-state index contributed by atoms with van der Waals surface area (Å²) in [6.45, 7) is 5.71. The van der Waals surface area contributed by atoms with Crippen LogP contribution in [0.15, 0.2) is 48.5 Å². The highest BCUT2D eigenvalue weighted by Gasteiger charge is 2.39. The Morgan fingerprint density at radius 2 is 1.79 bits per heavy atom. The third-order valence-corrected chi connectivity index (χ3v) is 7.51. The van der Waals surface area contributed by atoms with Crippen molar-refractivity contribution in [1.29, 1.82) is 0 Å². The highest BCUT2D eigenvalue weighted by molar-refractivity contribution is 5.89. The van der Waals surface area contributed by atoms with Crippen LogP contribution in [0.4, 0.5) is 4.79 Å². The maximum Gasteiger partial charge on any atom is 0.410 e. The van der Waals surface area contributed by atoms with E-state index >= 15 is 0 Å². The summed E-state index contributed by atoms with van der Waals surface area (Å²) in [7, 11) is 4.68. The van der Waals surface area contributed by atoms with Crippen molar-refractivity contribution in [3.05, 3.63) is 59.7 Å². The molecule has 3 aliphatic rings. The lowest BCUT2D eigenvalue weighted by atomic mass is 9.97. The molecule has 228 valence electrons. The van der Waals surface area contributed by atoms with Crippen LogP contribution in [-0.2, 0) is 36.8 Å². The smallest absolute Gasteiger partial charge is 0.410 e. The number of fused-ring (bicyclic) bond motifs is 7. The van der Waals surface area contributed by atoms with Crippen LogP contribution in [0.2, 0.25) is 0 Å². The fourth-order valence-corrected chi connectivity index (χ4v) is 5.13. The van der Waals surface area contributed by atoms with Gasteiger partial charge in [-0.05, 0) is 56.9 Å². The van der Waals surface area contributed by atoms with Gasteiger partial charge in [-0.15, -0.1) is 0 Å². The Bertz CT molecular complexity index is 1240. The maximum atomic E-state index is 14.2. The van der Waals surface area contributed by atoms with Crippen molar-refractivity contribution < 1.29 is 38.1 Å². The van der Waals surface area contributed by atoms with Crippen LogP contribution in [-0.4, -0.2) is 85.5 Å². The molecule has 0 saturated carbocycles. The average molecular weight is 583 g/mol. The van der Waals surface area contributed by atoms with Gasteiger partial charge in [0.25, 0.3) is 0 Å². The summed E-state index contributed by atoms with van der Waals surface area (Å²) in [5, 5.41) is 0. The van der Waals surface area contributed by atoms with E-state index in [1.807, 2.05) is 42.5 Å². The summed E-state index contributed by atoms with van der Waals surface area (Å²) in [6.07, 6.45) is 0.618. The van der Waals surface area contributed by atoms with E-state index in [-0.39, 0.29) is 31.7 Å². The van der Waals surface area contributed by atoms with Crippen molar-refractivity contribution >= 4 is 18.0 Å². The molecule has 3 heterocycles. The largest absolute Gasteiger partial charge is 0.493 e. The number of rotatable bonds is 5. The molecule has 10 heteroatoms. The van der Waals surface area contributed by atoms with E-state index in [0.29, 0.717) is 30.9 Å². The van der Waals surface area contributed by atoms with Crippen LogP contribution in [0.1, 0.15) is 51.2 Å². The molecule has 1 fully saturated rings. The van der Waals surface area contributed by atoms with Crippen LogP contribution in [0.5, 0.6) is 11.5 Å². The summed E-state index contributed by atoms with van der Waals surface area (Å²) in [4.78, 5) is 43.6. The van der Waals surface area contributed by atoms with Gasteiger partial charge < -0.3 is 28.6 Å². The summed E-state index contributed by atoms with van der Waals surface area (Å²) >= 11 is 0. The van der Waals surface area contributed by atoms with Crippen LogP contribution >= 0.6 is 0 Å². The number of carbonyl (C=O) groups excluding carboxylic acids is 3. The quantitative estimate of drug-likeness (QED) is 0.479. The zero-order valence-electron chi connectivity index (χ0n) is 25.3. The highest BCUT2D eigenvalue weighted by Crippen LogP contribution is 2.33. The van der Waals surface area contributed by atoms with Gasteiger partial charge in [-0.1, -0.05) is 36.4 Å². The lowest BCUT2D eigenvalue weighted by Gasteiger charge is -2.38. The number of nitrogens with zero attached hydrogens (tertiary/aromatic N) is 2. The first-order valence-electron chi connectivity index (χ1n) is 14.3. The minimum absolute atomic E-state index is 0.0635. The lowest BCUT2D eigenvalue weighted by Crippen LogP contribution is -2.55. The molecule has 4 bridgehead atoms. The number of benzene rings is 2. The van der Waals surface area contributed by atoms with Gasteiger partial charge in [-0.3, -0.25) is 9.69 Å². The van der Waals surface area contributed by atoms with Gasteiger partial charge in [0.05, 0.1) is 19.8 Å². The van der Waals surface area contributed by atoms with Gasteiger partial charge in [-0.25, -0.2) is 9.59 Å². The van der Waals surface area contributed by atoms with E-state index in [1.165, 1.54) is 9.80 Å². The fraction of sp³-hybridized carbons (Fsp3) is 0.531. The second-order valence-electron chi connectivity index (χ2n) is 11.9. The molecular weight excluding hydrogens is 540 g/mol.